The highest BCUT2D eigenvalue weighted by Crippen LogP contribution is 2.25. The van der Waals surface area contributed by atoms with Crippen LogP contribution in [0.15, 0.2) is 69.5 Å². The van der Waals surface area contributed by atoms with Crippen LogP contribution in [-0.2, 0) is 6.54 Å². The first-order valence-corrected chi connectivity index (χ1v) is 11.2. The molecule has 0 N–H and O–H groups in total. The predicted molar refractivity (Wildman–Crippen MR) is 132 cm³/mol. The monoisotopic (exact) mass is 476 g/mol. The number of para-hydroxylation sites is 1. The van der Waals surface area contributed by atoms with Crippen LogP contribution in [0.4, 0.5) is 0 Å². The molecule has 0 spiro atoms. The summed E-state index contributed by atoms with van der Waals surface area (Å²) in [7, 11) is 0. The van der Waals surface area contributed by atoms with E-state index in [1.807, 2.05) is 30.3 Å². The Morgan fingerprint density at radius 3 is 2.74 bits per heavy atom. The van der Waals surface area contributed by atoms with Gasteiger partial charge in [0.25, 0.3) is 5.56 Å². The van der Waals surface area contributed by atoms with Crippen molar-refractivity contribution >= 4 is 44.0 Å². The van der Waals surface area contributed by atoms with Crippen molar-refractivity contribution < 1.29 is 0 Å². The Morgan fingerprint density at radius 1 is 1.23 bits per heavy atom. The lowest BCUT2D eigenvalue weighted by atomic mass is 10.1. The molecule has 2 aromatic carbocycles. The van der Waals surface area contributed by atoms with E-state index in [1.54, 1.807) is 12.3 Å². The molecule has 4 aromatic rings. The number of hydrogen-bond acceptors (Lipinski definition) is 3. The summed E-state index contributed by atoms with van der Waals surface area (Å²) in [5, 5.41) is 6.31. The van der Waals surface area contributed by atoms with Crippen molar-refractivity contribution in [3.05, 3.63) is 87.0 Å². The molecule has 0 amide bonds. The molecule has 0 bridgehead atoms. The first-order valence-electron chi connectivity index (χ1n) is 10.4. The highest BCUT2D eigenvalue weighted by molar-refractivity contribution is 9.10. The minimum atomic E-state index is -0.162. The standard InChI is InChI=1S/C25H25BrN4O/c1-5-13-29-17(4)21(19-9-7-8-10-23(19)29)15-27-30-24(16(3)6-2)28-22-12-11-18(26)14-20(22)25(30)31/h5,7-12,14-16H,1,6,13H2,2-4H3/t16-/m0/s1. The van der Waals surface area contributed by atoms with Gasteiger partial charge in [-0.25, -0.2) is 4.98 Å². The third-order valence-electron chi connectivity index (χ3n) is 5.78. The molecule has 0 aliphatic rings. The largest absolute Gasteiger partial charge is 0.340 e. The third-order valence-corrected chi connectivity index (χ3v) is 6.27. The molecule has 158 valence electrons. The maximum Gasteiger partial charge on any atom is 0.282 e. The van der Waals surface area contributed by atoms with Crippen LogP contribution < -0.4 is 5.56 Å². The fraction of sp³-hybridized carbons (Fsp3) is 0.240. The highest BCUT2D eigenvalue weighted by atomic mass is 79.9. The molecule has 0 fully saturated rings. The van der Waals surface area contributed by atoms with Crippen LogP contribution in [-0.4, -0.2) is 20.4 Å². The van der Waals surface area contributed by atoms with Gasteiger partial charge in [-0.2, -0.15) is 9.78 Å². The van der Waals surface area contributed by atoms with Crippen molar-refractivity contribution in [2.75, 3.05) is 0 Å². The van der Waals surface area contributed by atoms with Gasteiger partial charge < -0.3 is 4.57 Å². The van der Waals surface area contributed by atoms with E-state index in [4.69, 9.17) is 4.98 Å². The van der Waals surface area contributed by atoms with Crippen LogP contribution in [0.3, 0.4) is 0 Å². The van der Waals surface area contributed by atoms with Gasteiger partial charge in [0.15, 0.2) is 0 Å². The van der Waals surface area contributed by atoms with Crippen molar-refractivity contribution in [1.29, 1.82) is 0 Å². The van der Waals surface area contributed by atoms with E-state index in [9.17, 15) is 4.79 Å². The second-order valence-electron chi connectivity index (χ2n) is 7.72. The van der Waals surface area contributed by atoms with Crippen molar-refractivity contribution in [2.24, 2.45) is 5.10 Å². The number of nitrogens with zero attached hydrogens (tertiary/aromatic N) is 4. The second kappa shape index (κ2) is 8.63. The van der Waals surface area contributed by atoms with E-state index in [1.165, 1.54) is 4.68 Å². The number of halogens is 1. The molecule has 6 heteroatoms. The molecule has 1 atom stereocenters. The zero-order valence-corrected chi connectivity index (χ0v) is 19.6. The summed E-state index contributed by atoms with van der Waals surface area (Å²) in [6.07, 6.45) is 4.54. The van der Waals surface area contributed by atoms with Gasteiger partial charge in [0, 0.05) is 39.1 Å². The molecule has 31 heavy (non-hydrogen) atoms. The molecule has 0 saturated heterocycles. The maximum atomic E-state index is 13.4. The van der Waals surface area contributed by atoms with Crippen LogP contribution in [0.1, 0.15) is 43.3 Å². The Hall–Kier alpha value is -2.99. The SMILES string of the molecule is C=CCn1c(C)c(C=Nn2c([C@@H](C)CC)nc3ccc(Br)cc3c2=O)c2ccccc21. The van der Waals surface area contributed by atoms with Crippen LogP contribution in [0.5, 0.6) is 0 Å². The van der Waals surface area contributed by atoms with Crippen LogP contribution in [0.2, 0.25) is 0 Å². The van der Waals surface area contributed by atoms with Gasteiger partial charge in [-0.15, -0.1) is 6.58 Å². The number of aromatic nitrogens is 3. The van der Waals surface area contributed by atoms with E-state index >= 15 is 0 Å². The quantitative estimate of drug-likeness (QED) is 0.253. The lowest BCUT2D eigenvalue weighted by Gasteiger charge is -2.14. The fourth-order valence-corrected chi connectivity index (χ4v) is 4.24. The van der Waals surface area contributed by atoms with E-state index in [0.717, 1.165) is 33.1 Å². The van der Waals surface area contributed by atoms with Gasteiger partial charge in [-0.1, -0.05) is 54.1 Å². The molecular formula is C25H25BrN4O. The van der Waals surface area contributed by atoms with Gasteiger partial charge >= 0.3 is 0 Å². The van der Waals surface area contributed by atoms with Crippen molar-refractivity contribution in [3.63, 3.8) is 0 Å². The number of allylic oxidation sites excluding steroid dienone is 1. The minimum Gasteiger partial charge on any atom is -0.340 e. The summed E-state index contributed by atoms with van der Waals surface area (Å²) in [6.45, 7) is 10.8. The summed E-state index contributed by atoms with van der Waals surface area (Å²) in [4.78, 5) is 18.2. The van der Waals surface area contributed by atoms with E-state index in [0.29, 0.717) is 23.3 Å². The van der Waals surface area contributed by atoms with E-state index < -0.39 is 0 Å². The number of benzene rings is 2. The Kier molecular flexibility index (Phi) is 5.92. The van der Waals surface area contributed by atoms with E-state index in [2.05, 4.69) is 65.1 Å². The predicted octanol–water partition coefficient (Wildman–Crippen LogP) is 6.00. The lowest BCUT2D eigenvalue weighted by molar-refractivity contribution is 0.613. The number of hydrogen-bond donors (Lipinski definition) is 0. The molecule has 0 aliphatic heterocycles. The first-order chi connectivity index (χ1) is 15.0. The van der Waals surface area contributed by atoms with Gasteiger partial charge in [-0.05, 0) is 37.6 Å². The average Bonchev–Trinajstić information content (AvgIpc) is 3.04. The van der Waals surface area contributed by atoms with E-state index in [-0.39, 0.29) is 11.5 Å². The average molecular weight is 477 g/mol. The van der Waals surface area contributed by atoms with Crippen molar-refractivity contribution in [2.45, 2.75) is 39.7 Å². The molecule has 5 nitrogen and oxygen atoms in total. The fourth-order valence-electron chi connectivity index (χ4n) is 3.88. The van der Waals surface area contributed by atoms with Crippen molar-refractivity contribution in [3.8, 4) is 0 Å². The van der Waals surface area contributed by atoms with Gasteiger partial charge in [0.2, 0.25) is 0 Å². The van der Waals surface area contributed by atoms with Gasteiger partial charge in [0.1, 0.15) is 5.82 Å². The van der Waals surface area contributed by atoms with Crippen LogP contribution >= 0.6 is 15.9 Å². The Morgan fingerprint density at radius 2 is 2.00 bits per heavy atom. The van der Waals surface area contributed by atoms with Crippen LogP contribution in [0.25, 0.3) is 21.8 Å². The zero-order chi connectivity index (χ0) is 22.1. The Labute approximate surface area is 189 Å². The Bertz CT molecular complexity index is 1380. The molecule has 0 aliphatic carbocycles. The summed E-state index contributed by atoms with van der Waals surface area (Å²) in [5.41, 5.74) is 3.73. The van der Waals surface area contributed by atoms with Crippen LogP contribution in [0, 0.1) is 6.92 Å². The topological polar surface area (TPSA) is 52.2 Å². The normalized spacial score (nSPS) is 12.8. The smallest absolute Gasteiger partial charge is 0.282 e. The molecule has 2 heterocycles. The zero-order valence-electron chi connectivity index (χ0n) is 18.0. The Balaban J connectivity index is 1.95. The molecule has 4 rings (SSSR count). The third kappa shape index (κ3) is 3.76. The number of rotatable bonds is 6. The second-order valence-corrected chi connectivity index (χ2v) is 8.63. The van der Waals surface area contributed by atoms with Crippen molar-refractivity contribution in [1.82, 2.24) is 14.2 Å². The highest BCUT2D eigenvalue weighted by Gasteiger charge is 2.16. The molecule has 0 unspecified atom stereocenters. The summed E-state index contributed by atoms with van der Waals surface area (Å²) >= 11 is 3.46. The lowest BCUT2D eigenvalue weighted by Crippen LogP contribution is -2.23. The summed E-state index contributed by atoms with van der Waals surface area (Å²) < 4.78 is 4.51. The van der Waals surface area contributed by atoms with Gasteiger partial charge in [0.05, 0.1) is 17.1 Å². The minimum absolute atomic E-state index is 0.0982. The number of fused-ring (bicyclic) bond motifs is 2. The molecule has 0 radical (unpaired) electrons. The summed E-state index contributed by atoms with van der Waals surface area (Å²) in [5.74, 6) is 0.771. The first kappa shape index (κ1) is 21.2. The molecule has 2 aromatic heterocycles. The summed E-state index contributed by atoms with van der Waals surface area (Å²) in [6, 6.07) is 13.8. The molecule has 0 saturated carbocycles. The maximum absolute atomic E-state index is 13.4. The molecular weight excluding hydrogens is 452 g/mol. The van der Waals surface area contributed by atoms with Gasteiger partial charge in [-0.3, -0.25) is 4.79 Å².